The second-order valence-corrected chi connectivity index (χ2v) is 5.05. The van der Waals surface area contributed by atoms with Crippen LogP contribution in [0.5, 0.6) is 5.75 Å². The Bertz CT molecular complexity index is 781. The van der Waals surface area contributed by atoms with Crippen molar-refractivity contribution in [2.75, 3.05) is 6.54 Å². The SMILES string of the molecule is Cc1nc2ccc(CCNC(=O)Oc3ccccc3)cc2[nH]1. The highest BCUT2D eigenvalue weighted by Gasteiger charge is 2.04. The van der Waals surface area contributed by atoms with Crippen molar-refractivity contribution in [3.8, 4) is 5.75 Å². The number of aryl methyl sites for hydroxylation is 1. The molecule has 2 aromatic carbocycles. The van der Waals surface area contributed by atoms with Crippen LogP contribution in [0.4, 0.5) is 4.79 Å². The van der Waals surface area contributed by atoms with Crippen molar-refractivity contribution in [2.45, 2.75) is 13.3 Å². The van der Waals surface area contributed by atoms with Crippen LogP contribution in [0.3, 0.4) is 0 Å². The van der Waals surface area contributed by atoms with Crippen molar-refractivity contribution >= 4 is 17.1 Å². The van der Waals surface area contributed by atoms with E-state index >= 15 is 0 Å². The van der Waals surface area contributed by atoms with Crippen molar-refractivity contribution in [3.63, 3.8) is 0 Å². The largest absolute Gasteiger partial charge is 0.412 e. The van der Waals surface area contributed by atoms with E-state index in [-0.39, 0.29) is 0 Å². The number of aromatic nitrogens is 2. The molecule has 0 saturated heterocycles. The lowest BCUT2D eigenvalue weighted by Crippen LogP contribution is -2.28. The van der Waals surface area contributed by atoms with E-state index in [0.717, 1.165) is 28.8 Å². The van der Waals surface area contributed by atoms with E-state index in [4.69, 9.17) is 4.74 Å². The fourth-order valence-corrected chi connectivity index (χ4v) is 2.28. The van der Waals surface area contributed by atoms with Gasteiger partial charge in [0.05, 0.1) is 11.0 Å². The number of H-pyrrole nitrogens is 1. The number of amides is 1. The third kappa shape index (κ3) is 3.44. The Balaban J connectivity index is 1.52. The van der Waals surface area contributed by atoms with Gasteiger partial charge in [-0.15, -0.1) is 0 Å². The number of hydrogen-bond donors (Lipinski definition) is 2. The minimum absolute atomic E-state index is 0.440. The first kappa shape index (κ1) is 14.1. The van der Waals surface area contributed by atoms with Crippen molar-refractivity contribution < 1.29 is 9.53 Å². The Labute approximate surface area is 128 Å². The summed E-state index contributed by atoms with van der Waals surface area (Å²) in [5.74, 6) is 1.44. The summed E-state index contributed by atoms with van der Waals surface area (Å²) < 4.78 is 5.16. The summed E-state index contributed by atoms with van der Waals surface area (Å²) in [4.78, 5) is 19.2. The van der Waals surface area contributed by atoms with Crippen molar-refractivity contribution in [1.82, 2.24) is 15.3 Å². The molecule has 3 rings (SSSR count). The fourth-order valence-electron chi connectivity index (χ4n) is 2.28. The van der Waals surface area contributed by atoms with E-state index in [1.54, 1.807) is 12.1 Å². The molecule has 0 atom stereocenters. The standard InChI is InChI=1S/C17H17N3O2/c1-12-19-15-8-7-13(11-16(15)20-12)9-10-18-17(21)22-14-5-3-2-4-6-14/h2-8,11H,9-10H2,1H3,(H,18,21)(H,19,20). The first-order valence-electron chi connectivity index (χ1n) is 7.17. The first-order valence-corrected chi connectivity index (χ1v) is 7.17. The summed E-state index contributed by atoms with van der Waals surface area (Å²) >= 11 is 0. The van der Waals surface area contributed by atoms with Crippen LogP contribution in [0.2, 0.25) is 0 Å². The quantitative estimate of drug-likeness (QED) is 0.776. The number of rotatable bonds is 4. The van der Waals surface area contributed by atoms with Gasteiger partial charge >= 0.3 is 6.09 Å². The molecule has 112 valence electrons. The lowest BCUT2D eigenvalue weighted by Gasteiger charge is -2.06. The molecule has 0 aliphatic heterocycles. The van der Waals surface area contributed by atoms with Gasteiger partial charge in [-0.3, -0.25) is 0 Å². The zero-order valence-corrected chi connectivity index (χ0v) is 12.3. The Morgan fingerprint density at radius 1 is 1.23 bits per heavy atom. The molecule has 0 aliphatic rings. The van der Waals surface area contributed by atoms with Crippen molar-refractivity contribution in [2.24, 2.45) is 0 Å². The molecular formula is C17H17N3O2. The number of para-hydroxylation sites is 1. The van der Waals surface area contributed by atoms with Gasteiger partial charge < -0.3 is 15.0 Å². The molecule has 0 radical (unpaired) electrons. The molecule has 0 fully saturated rings. The molecule has 3 aromatic rings. The van der Waals surface area contributed by atoms with E-state index in [1.165, 1.54) is 0 Å². The molecule has 0 saturated carbocycles. The second kappa shape index (κ2) is 6.30. The van der Waals surface area contributed by atoms with E-state index in [0.29, 0.717) is 12.3 Å². The Hall–Kier alpha value is -2.82. The van der Waals surface area contributed by atoms with Gasteiger partial charge in [0.2, 0.25) is 0 Å². The topological polar surface area (TPSA) is 67.0 Å². The molecule has 0 unspecified atom stereocenters. The van der Waals surface area contributed by atoms with Crippen LogP contribution in [-0.2, 0) is 6.42 Å². The normalized spacial score (nSPS) is 10.6. The zero-order chi connectivity index (χ0) is 15.4. The van der Waals surface area contributed by atoms with Gasteiger partial charge in [0.25, 0.3) is 0 Å². The molecule has 5 heteroatoms. The second-order valence-electron chi connectivity index (χ2n) is 5.05. The molecule has 2 N–H and O–H groups in total. The molecule has 1 heterocycles. The highest BCUT2D eigenvalue weighted by Crippen LogP contribution is 2.13. The number of hydrogen-bond acceptors (Lipinski definition) is 3. The molecule has 1 amide bonds. The fraction of sp³-hybridized carbons (Fsp3) is 0.176. The number of imidazole rings is 1. The number of fused-ring (bicyclic) bond motifs is 1. The molecule has 0 spiro atoms. The number of ether oxygens (including phenoxy) is 1. The summed E-state index contributed by atoms with van der Waals surface area (Å²) in [5.41, 5.74) is 3.11. The highest BCUT2D eigenvalue weighted by atomic mass is 16.5. The molecule has 5 nitrogen and oxygen atoms in total. The molecule has 1 aromatic heterocycles. The van der Waals surface area contributed by atoms with E-state index in [2.05, 4.69) is 21.4 Å². The van der Waals surface area contributed by atoms with Crippen LogP contribution in [0.15, 0.2) is 48.5 Å². The Morgan fingerprint density at radius 2 is 2.05 bits per heavy atom. The average Bonchev–Trinajstić information content (AvgIpc) is 2.87. The molecule has 0 aliphatic carbocycles. The third-order valence-electron chi connectivity index (χ3n) is 3.30. The van der Waals surface area contributed by atoms with Gasteiger partial charge in [-0.05, 0) is 43.2 Å². The Kier molecular flexibility index (Phi) is 4.05. The van der Waals surface area contributed by atoms with E-state index < -0.39 is 6.09 Å². The smallest absolute Gasteiger partial charge is 0.410 e. The minimum Gasteiger partial charge on any atom is -0.410 e. The minimum atomic E-state index is -0.440. The summed E-state index contributed by atoms with van der Waals surface area (Å²) in [5, 5.41) is 2.75. The average molecular weight is 295 g/mol. The van der Waals surface area contributed by atoms with E-state index in [1.807, 2.05) is 37.3 Å². The Morgan fingerprint density at radius 3 is 2.86 bits per heavy atom. The number of benzene rings is 2. The van der Waals surface area contributed by atoms with Crippen LogP contribution < -0.4 is 10.1 Å². The van der Waals surface area contributed by atoms with Gasteiger partial charge in [0.15, 0.2) is 0 Å². The van der Waals surface area contributed by atoms with E-state index in [9.17, 15) is 4.79 Å². The number of aromatic amines is 1. The maximum Gasteiger partial charge on any atom is 0.412 e. The van der Waals surface area contributed by atoms with Crippen LogP contribution in [0.1, 0.15) is 11.4 Å². The molecular weight excluding hydrogens is 278 g/mol. The highest BCUT2D eigenvalue weighted by molar-refractivity contribution is 5.76. The molecule has 22 heavy (non-hydrogen) atoms. The van der Waals surface area contributed by atoms with Crippen LogP contribution >= 0.6 is 0 Å². The predicted octanol–water partition coefficient (Wildman–Crippen LogP) is 3.20. The zero-order valence-electron chi connectivity index (χ0n) is 12.3. The number of carbonyl (C=O) groups excluding carboxylic acids is 1. The van der Waals surface area contributed by atoms with Gasteiger partial charge in [0, 0.05) is 6.54 Å². The van der Waals surface area contributed by atoms with Crippen LogP contribution in [0.25, 0.3) is 11.0 Å². The number of carbonyl (C=O) groups is 1. The summed E-state index contributed by atoms with van der Waals surface area (Å²) in [6.45, 7) is 2.45. The maximum absolute atomic E-state index is 11.7. The maximum atomic E-state index is 11.7. The summed E-state index contributed by atoms with van der Waals surface area (Å²) in [7, 11) is 0. The van der Waals surface area contributed by atoms with Crippen LogP contribution in [0, 0.1) is 6.92 Å². The monoisotopic (exact) mass is 295 g/mol. The molecule has 0 bridgehead atoms. The predicted molar refractivity (Wildman–Crippen MR) is 85.0 cm³/mol. The van der Waals surface area contributed by atoms with Crippen LogP contribution in [-0.4, -0.2) is 22.6 Å². The summed E-state index contributed by atoms with van der Waals surface area (Å²) in [6, 6.07) is 15.1. The third-order valence-corrected chi connectivity index (χ3v) is 3.30. The van der Waals surface area contributed by atoms with Gasteiger partial charge in [-0.25, -0.2) is 9.78 Å². The van der Waals surface area contributed by atoms with Gasteiger partial charge in [-0.1, -0.05) is 24.3 Å². The van der Waals surface area contributed by atoms with Crippen molar-refractivity contribution in [3.05, 3.63) is 59.9 Å². The first-order chi connectivity index (χ1) is 10.7. The lowest BCUT2D eigenvalue weighted by molar-refractivity contribution is 0.200. The van der Waals surface area contributed by atoms with Gasteiger partial charge in [-0.2, -0.15) is 0 Å². The van der Waals surface area contributed by atoms with Gasteiger partial charge in [0.1, 0.15) is 11.6 Å². The number of nitrogens with zero attached hydrogens (tertiary/aromatic N) is 1. The summed E-state index contributed by atoms with van der Waals surface area (Å²) in [6.07, 6.45) is 0.294. The number of nitrogens with one attached hydrogen (secondary N) is 2. The lowest BCUT2D eigenvalue weighted by atomic mass is 10.1. The van der Waals surface area contributed by atoms with Crippen molar-refractivity contribution in [1.29, 1.82) is 0 Å².